The van der Waals surface area contributed by atoms with Crippen molar-refractivity contribution in [1.82, 2.24) is 4.98 Å². The molecule has 0 aliphatic heterocycles. The minimum atomic E-state index is 0.840. The van der Waals surface area contributed by atoms with Crippen LogP contribution in [0.25, 0.3) is 0 Å². The van der Waals surface area contributed by atoms with Crippen LogP contribution in [0.3, 0.4) is 0 Å². The SMILES string of the molecule is Cc1cncc(C2CC2)c1. The molecule has 0 bridgehead atoms. The lowest BCUT2D eigenvalue weighted by molar-refractivity contribution is 1.08. The highest BCUT2D eigenvalue weighted by Gasteiger charge is 2.23. The number of hydrogen-bond donors (Lipinski definition) is 0. The van der Waals surface area contributed by atoms with Crippen molar-refractivity contribution >= 4 is 0 Å². The third kappa shape index (κ3) is 1.04. The zero-order valence-corrected chi connectivity index (χ0v) is 6.17. The molecule has 52 valence electrons. The summed E-state index contributed by atoms with van der Waals surface area (Å²) in [4.78, 5) is 4.15. The fourth-order valence-corrected chi connectivity index (χ4v) is 1.22. The molecule has 1 heterocycles. The summed E-state index contributed by atoms with van der Waals surface area (Å²) in [6, 6.07) is 2.24. The molecule has 1 aromatic heterocycles. The summed E-state index contributed by atoms with van der Waals surface area (Å²) in [6.07, 6.45) is 6.63. The highest BCUT2D eigenvalue weighted by molar-refractivity contribution is 5.23. The monoisotopic (exact) mass is 133 g/mol. The molecular weight excluding hydrogens is 122 g/mol. The Morgan fingerprint density at radius 3 is 2.80 bits per heavy atom. The average Bonchev–Trinajstić information content (AvgIpc) is 2.68. The fraction of sp³-hybridized carbons (Fsp3) is 0.444. The van der Waals surface area contributed by atoms with Crippen molar-refractivity contribution < 1.29 is 0 Å². The Balaban J connectivity index is 2.32. The van der Waals surface area contributed by atoms with E-state index in [1.54, 1.807) is 0 Å². The smallest absolute Gasteiger partial charge is 0.0302 e. The number of pyridine rings is 1. The Labute approximate surface area is 61.1 Å². The van der Waals surface area contributed by atoms with E-state index >= 15 is 0 Å². The highest BCUT2D eigenvalue weighted by atomic mass is 14.6. The summed E-state index contributed by atoms with van der Waals surface area (Å²) in [5.41, 5.74) is 2.71. The molecule has 0 atom stereocenters. The lowest BCUT2D eigenvalue weighted by Gasteiger charge is -1.96. The zero-order chi connectivity index (χ0) is 6.97. The number of hydrogen-bond acceptors (Lipinski definition) is 1. The molecule has 0 N–H and O–H groups in total. The van der Waals surface area contributed by atoms with Gasteiger partial charge in [0.15, 0.2) is 0 Å². The van der Waals surface area contributed by atoms with Crippen LogP contribution in [0, 0.1) is 6.92 Å². The van der Waals surface area contributed by atoms with Crippen LogP contribution in [0.5, 0.6) is 0 Å². The normalized spacial score (nSPS) is 17.3. The van der Waals surface area contributed by atoms with E-state index in [0.717, 1.165) is 5.92 Å². The number of aromatic nitrogens is 1. The van der Waals surface area contributed by atoms with Crippen molar-refractivity contribution in [3.63, 3.8) is 0 Å². The van der Waals surface area contributed by atoms with Gasteiger partial charge in [0.25, 0.3) is 0 Å². The van der Waals surface area contributed by atoms with Gasteiger partial charge in [-0.1, -0.05) is 6.07 Å². The van der Waals surface area contributed by atoms with Crippen molar-refractivity contribution in [2.45, 2.75) is 25.7 Å². The molecule has 0 amide bonds. The van der Waals surface area contributed by atoms with E-state index in [1.807, 2.05) is 12.4 Å². The second kappa shape index (κ2) is 2.08. The van der Waals surface area contributed by atoms with Crippen LogP contribution in [-0.4, -0.2) is 4.98 Å². The predicted octanol–water partition coefficient (Wildman–Crippen LogP) is 2.27. The fourth-order valence-electron chi connectivity index (χ4n) is 1.22. The molecule has 10 heavy (non-hydrogen) atoms. The van der Waals surface area contributed by atoms with Crippen LogP contribution in [-0.2, 0) is 0 Å². The summed E-state index contributed by atoms with van der Waals surface area (Å²) in [6.45, 7) is 2.10. The van der Waals surface area contributed by atoms with Gasteiger partial charge in [0.2, 0.25) is 0 Å². The van der Waals surface area contributed by atoms with E-state index in [-0.39, 0.29) is 0 Å². The number of aryl methyl sites for hydroxylation is 1. The first-order valence-electron chi connectivity index (χ1n) is 3.78. The van der Waals surface area contributed by atoms with Gasteiger partial charge in [-0.25, -0.2) is 0 Å². The summed E-state index contributed by atoms with van der Waals surface area (Å²) >= 11 is 0. The number of rotatable bonds is 1. The summed E-state index contributed by atoms with van der Waals surface area (Å²) in [5.74, 6) is 0.840. The molecule has 1 aliphatic rings. The molecule has 0 aromatic carbocycles. The van der Waals surface area contributed by atoms with Gasteiger partial charge in [-0.05, 0) is 36.8 Å². The zero-order valence-electron chi connectivity index (χ0n) is 6.17. The summed E-state index contributed by atoms with van der Waals surface area (Å²) < 4.78 is 0. The van der Waals surface area contributed by atoms with Crippen LogP contribution >= 0.6 is 0 Å². The number of nitrogens with zero attached hydrogens (tertiary/aromatic N) is 1. The molecule has 0 spiro atoms. The molecule has 1 aliphatic carbocycles. The second-order valence-electron chi connectivity index (χ2n) is 3.07. The Morgan fingerprint density at radius 1 is 1.40 bits per heavy atom. The van der Waals surface area contributed by atoms with Crippen LogP contribution < -0.4 is 0 Å². The molecule has 2 rings (SSSR count). The van der Waals surface area contributed by atoms with Gasteiger partial charge in [0, 0.05) is 12.4 Å². The topological polar surface area (TPSA) is 12.9 Å². The predicted molar refractivity (Wildman–Crippen MR) is 40.9 cm³/mol. The first-order chi connectivity index (χ1) is 4.86. The molecule has 1 nitrogen and oxygen atoms in total. The van der Waals surface area contributed by atoms with Crippen LogP contribution in [0.1, 0.15) is 29.9 Å². The third-order valence-electron chi connectivity index (χ3n) is 1.94. The Kier molecular flexibility index (Phi) is 1.23. The molecule has 0 unspecified atom stereocenters. The van der Waals surface area contributed by atoms with Gasteiger partial charge in [0.1, 0.15) is 0 Å². The molecule has 1 heteroatoms. The largest absolute Gasteiger partial charge is 0.264 e. The quantitative estimate of drug-likeness (QED) is 0.572. The maximum atomic E-state index is 4.15. The van der Waals surface area contributed by atoms with E-state index in [0.29, 0.717) is 0 Å². The van der Waals surface area contributed by atoms with Crippen molar-refractivity contribution in [3.05, 3.63) is 29.6 Å². The summed E-state index contributed by atoms with van der Waals surface area (Å²) in [7, 11) is 0. The lowest BCUT2D eigenvalue weighted by Crippen LogP contribution is -1.82. The standard InChI is InChI=1S/C9H11N/c1-7-4-9(6-10-5-7)8-2-3-8/h4-6,8H,2-3H2,1H3. The average molecular weight is 133 g/mol. The third-order valence-corrected chi connectivity index (χ3v) is 1.94. The molecule has 1 saturated carbocycles. The van der Waals surface area contributed by atoms with Gasteiger partial charge >= 0.3 is 0 Å². The maximum absolute atomic E-state index is 4.15. The lowest BCUT2D eigenvalue weighted by atomic mass is 10.1. The Morgan fingerprint density at radius 2 is 2.20 bits per heavy atom. The first-order valence-corrected chi connectivity index (χ1v) is 3.78. The maximum Gasteiger partial charge on any atom is 0.0302 e. The van der Waals surface area contributed by atoms with Gasteiger partial charge in [-0.15, -0.1) is 0 Å². The second-order valence-corrected chi connectivity index (χ2v) is 3.07. The van der Waals surface area contributed by atoms with Gasteiger partial charge in [-0.2, -0.15) is 0 Å². The van der Waals surface area contributed by atoms with Crippen LogP contribution in [0.2, 0.25) is 0 Å². The Bertz CT molecular complexity index is 238. The van der Waals surface area contributed by atoms with Crippen molar-refractivity contribution in [2.75, 3.05) is 0 Å². The molecule has 0 saturated heterocycles. The molecule has 0 radical (unpaired) electrons. The van der Waals surface area contributed by atoms with E-state index in [4.69, 9.17) is 0 Å². The van der Waals surface area contributed by atoms with Gasteiger partial charge < -0.3 is 0 Å². The van der Waals surface area contributed by atoms with Crippen molar-refractivity contribution in [2.24, 2.45) is 0 Å². The van der Waals surface area contributed by atoms with Gasteiger partial charge in [-0.3, -0.25) is 4.98 Å². The summed E-state index contributed by atoms with van der Waals surface area (Å²) in [5, 5.41) is 0. The van der Waals surface area contributed by atoms with E-state index < -0.39 is 0 Å². The van der Waals surface area contributed by atoms with Crippen LogP contribution in [0.4, 0.5) is 0 Å². The van der Waals surface area contributed by atoms with E-state index in [1.165, 1.54) is 24.0 Å². The van der Waals surface area contributed by atoms with Crippen LogP contribution in [0.15, 0.2) is 18.5 Å². The highest BCUT2D eigenvalue weighted by Crippen LogP contribution is 2.39. The molecule has 1 aromatic rings. The molecule has 1 fully saturated rings. The van der Waals surface area contributed by atoms with Crippen molar-refractivity contribution in [1.29, 1.82) is 0 Å². The Hall–Kier alpha value is -0.850. The van der Waals surface area contributed by atoms with E-state index in [9.17, 15) is 0 Å². The van der Waals surface area contributed by atoms with Gasteiger partial charge in [0.05, 0.1) is 0 Å². The van der Waals surface area contributed by atoms with Crippen molar-refractivity contribution in [3.8, 4) is 0 Å². The van der Waals surface area contributed by atoms with E-state index in [2.05, 4.69) is 18.0 Å². The first kappa shape index (κ1) is 5.90. The minimum Gasteiger partial charge on any atom is -0.264 e. The molecular formula is C9H11N. The minimum absolute atomic E-state index is 0.840.